The highest BCUT2D eigenvalue weighted by Crippen LogP contribution is 2.24. The summed E-state index contributed by atoms with van der Waals surface area (Å²) in [5.41, 5.74) is 7.24. The van der Waals surface area contributed by atoms with E-state index in [2.05, 4.69) is 0 Å². The molecule has 0 aliphatic heterocycles. The Balaban J connectivity index is 2.02. The average Bonchev–Trinajstić information content (AvgIpc) is 2.33. The Hall–Kier alpha value is -1.38. The second-order valence-electron chi connectivity index (χ2n) is 3.60. The largest absolute Gasteiger partial charge is 0.489 e. The number of anilines is 1. The Kier molecular flexibility index (Phi) is 3.77. The maximum absolute atomic E-state index is 5.82. The van der Waals surface area contributed by atoms with Gasteiger partial charge in [-0.1, -0.05) is 35.3 Å². The van der Waals surface area contributed by atoms with Gasteiger partial charge in [-0.3, -0.25) is 0 Å². The molecule has 0 radical (unpaired) electrons. The molecule has 0 heterocycles. The predicted molar refractivity (Wildman–Crippen MR) is 71.6 cm³/mol. The maximum Gasteiger partial charge on any atom is 0.121 e. The number of hydrogen-bond donors (Lipinski definition) is 1. The third kappa shape index (κ3) is 3.29. The smallest absolute Gasteiger partial charge is 0.121 e. The van der Waals surface area contributed by atoms with Gasteiger partial charge < -0.3 is 10.5 Å². The molecule has 0 aliphatic rings. The van der Waals surface area contributed by atoms with Gasteiger partial charge >= 0.3 is 0 Å². The molecule has 2 aromatic carbocycles. The molecule has 0 unspecified atom stereocenters. The summed E-state index contributed by atoms with van der Waals surface area (Å²) in [6, 6.07) is 12.7. The van der Waals surface area contributed by atoms with E-state index in [0.717, 1.165) is 5.56 Å². The van der Waals surface area contributed by atoms with Gasteiger partial charge in [0.2, 0.25) is 0 Å². The number of nitrogens with two attached hydrogens (primary N) is 1. The summed E-state index contributed by atoms with van der Waals surface area (Å²) in [5.74, 6) is 0.696. The van der Waals surface area contributed by atoms with Crippen molar-refractivity contribution in [3.63, 3.8) is 0 Å². The molecule has 0 amide bonds. The summed E-state index contributed by atoms with van der Waals surface area (Å²) in [6.45, 7) is 0.470. The van der Waals surface area contributed by atoms with Gasteiger partial charge in [0.25, 0.3) is 0 Å². The molecule has 0 atom stereocenters. The van der Waals surface area contributed by atoms with Crippen LogP contribution < -0.4 is 10.5 Å². The fraction of sp³-hybridized carbons (Fsp3) is 0.0769. The Morgan fingerprint density at radius 2 is 1.71 bits per heavy atom. The van der Waals surface area contributed by atoms with Crippen LogP contribution in [0.2, 0.25) is 10.0 Å². The van der Waals surface area contributed by atoms with Crippen molar-refractivity contribution in [2.45, 2.75) is 6.61 Å². The van der Waals surface area contributed by atoms with Gasteiger partial charge in [0, 0.05) is 11.1 Å². The quantitative estimate of drug-likeness (QED) is 0.848. The maximum atomic E-state index is 5.82. The second kappa shape index (κ2) is 5.30. The first kappa shape index (κ1) is 12.1. The minimum Gasteiger partial charge on any atom is -0.489 e. The molecule has 0 bridgehead atoms. The van der Waals surface area contributed by atoms with Gasteiger partial charge in [0.1, 0.15) is 12.4 Å². The van der Waals surface area contributed by atoms with Crippen LogP contribution in [-0.4, -0.2) is 0 Å². The zero-order chi connectivity index (χ0) is 12.3. The zero-order valence-corrected chi connectivity index (χ0v) is 10.5. The minimum absolute atomic E-state index is 0.470. The molecule has 0 saturated carbocycles. The van der Waals surface area contributed by atoms with Gasteiger partial charge in [-0.05, 0) is 29.8 Å². The summed E-state index contributed by atoms with van der Waals surface area (Å²) >= 11 is 11.6. The first-order chi connectivity index (χ1) is 8.15. The van der Waals surface area contributed by atoms with E-state index in [4.69, 9.17) is 33.7 Å². The number of rotatable bonds is 3. The third-order valence-corrected chi connectivity index (χ3v) is 2.88. The van der Waals surface area contributed by atoms with Crippen molar-refractivity contribution in [1.29, 1.82) is 0 Å². The molecular weight excluding hydrogens is 257 g/mol. The molecule has 2 aromatic rings. The van der Waals surface area contributed by atoms with Crippen molar-refractivity contribution >= 4 is 28.9 Å². The molecule has 0 aromatic heterocycles. The highest BCUT2D eigenvalue weighted by Gasteiger charge is 2.00. The lowest BCUT2D eigenvalue weighted by Gasteiger charge is -2.07. The van der Waals surface area contributed by atoms with Gasteiger partial charge in [0.05, 0.1) is 10.7 Å². The topological polar surface area (TPSA) is 35.2 Å². The number of benzene rings is 2. The monoisotopic (exact) mass is 267 g/mol. The highest BCUT2D eigenvalue weighted by molar-refractivity contribution is 6.33. The lowest BCUT2D eigenvalue weighted by Crippen LogP contribution is -1.96. The van der Waals surface area contributed by atoms with Gasteiger partial charge in [-0.2, -0.15) is 0 Å². The molecule has 0 fully saturated rings. The van der Waals surface area contributed by atoms with E-state index < -0.39 is 0 Å². The van der Waals surface area contributed by atoms with E-state index in [1.165, 1.54) is 0 Å². The Labute approximate surface area is 110 Å². The van der Waals surface area contributed by atoms with Crippen LogP contribution in [-0.2, 0) is 6.61 Å². The number of hydrogen-bond acceptors (Lipinski definition) is 2. The van der Waals surface area contributed by atoms with Crippen LogP contribution in [0.1, 0.15) is 5.56 Å². The Bertz CT molecular complexity index is 511. The first-order valence-corrected chi connectivity index (χ1v) is 5.83. The summed E-state index contributed by atoms with van der Waals surface area (Å²) in [5, 5.41) is 1.24. The molecule has 88 valence electrons. The van der Waals surface area contributed by atoms with Gasteiger partial charge in [-0.15, -0.1) is 0 Å². The minimum atomic E-state index is 0.470. The van der Waals surface area contributed by atoms with Crippen LogP contribution in [0.25, 0.3) is 0 Å². The van der Waals surface area contributed by atoms with E-state index in [9.17, 15) is 0 Å². The number of nitrogen functional groups attached to an aromatic ring is 1. The molecule has 0 spiro atoms. The molecule has 4 heteroatoms. The van der Waals surface area contributed by atoms with E-state index >= 15 is 0 Å². The fourth-order valence-electron chi connectivity index (χ4n) is 1.36. The van der Waals surface area contributed by atoms with Crippen LogP contribution in [0.4, 0.5) is 5.69 Å². The molecule has 2 rings (SSSR count). The van der Waals surface area contributed by atoms with Crippen molar-refractivity contribution in [1.82, 2.24) is 0 Å². The fourth-order valence-corrected chi connectivity index (χ4v) is 1.60. The van der Waals surface area contributed by atoms with Crippen LogP contribution in [0.15, 0.2) is 42.5 Å². The summed E-state index contributed by atoms with van der Waals surface area (Å²) in [4.78, 5) is 0. The zero-order valence-electron chi connectivity index (χ0n) is 8.99. The molecule has 17 heavy (non-hydrogen) atoms. The third-order valence-electron chi connectivity index (χ3n) is 2.29. The van der Waals surface area contributed by atoms with Crippen molar-refractivity contribution in [2.75, 3.05) is 5.73 Å². The number of ether oxygens (including phenoxy) is 1. The van der Waals surface area contributed by atoms with Gasteiger partial charge in [-0.25, -0.2) is 0 Å². The highest BCUT2D eigenvalue weighted by atomic mass is 35.5. The van der Waals surface area contributed by atoms with Crippen molar-refractivity contribution in [3.8, 4) is 5.75 Å². The van der Waals surface area contributed by atoms with E-state index in [-0.39, 0.29) is 0 Å². The lowest BCUT2D eigenvalue weighted by atomic mass is 10.2. The standard InChI is InChI=1S/C13H11Cl2NO/c14-10-3-1-9(2-4-10)8-17-11-5-6-12(15)13(16)7-11/h1-7H,8,16H2. The van der Waals surface area contributed by atoms with Gasteiger partial charge in [0.15, 0.2) is 0 Å². The van der Waals surface area contributed by atoms with E-state index in [1.54, 1.807) is 18.2 Å². The van der Waals surface area contributed by atoms with Crippen LogP contribution in [0, 0.1) is 0 Å². The average molecular weight is 268 g/mol. The summed E-state index contributed by atoms with van der Waals surface area (Å²) in [6.07, 6.45) is 0. The molecule has 2 N–H and O–H groups in total. The number of halogens is 2. The second-order valence-corrected chi connectivity index (χ2v) is 4.44. The molecular formula is C13H11Cl2NO. The van der Waals surface area contributed by atoms with E-state index in [0.29, 0.717) is 28.1 Å². The van der Waals surface area contributed by atoms with Crippen LogP contribution >= 0.6 is 23.2 Å². The van der Waals surface area contributed by atoms with Crippen LogP contribution in [0.5, 0.6) is 5.75 Å². The normalized spacial score (nSPS) is 10.2. The summed E-state index contributed by atoms with van der Waals surface area (Å²) < 4.78 is 5.59. The molecule has 0 saturated heterocycles. The first-order valence-electron chi connectivity index (χ1n) is 5.07. The molecule has 2 nitrogen and oxygen atoms in total. The van der Waals surface area contributed by atoms with Crippen molar-refractivity contribution in [3.05, 3.63) is 58.1 Å². The molecule has 0 aliphatic carbocycles. The SMILES string of the molecule is Nc1cc(OCc2ccc(Cl)cc2)ccc1Cl. The van der Waals surface area contributed by atoms with Crippen molar-refractivity contribution < 1.29 is 4.74 Å². The van der Waals surface area contributed by atoms with Crippen molar-refractivity contribution in [2.24, 2.45) is 0 Å². The summed E-state index contributed by atoms with van der Waals surface area (Å²) in [7, 11) is 0. The van der Waals surface area contributed by atoms with Crippen LogP contribution in [0.3, 0.4) is 0 Å². The lowest BCUT2D eigenvalue weighted by molar-refractivity contribution is 0.306. The van der Waals surface area contributed by atoms with E-state index in [1.807, 2.05) is 24.3 Å². The Morgan fingerprint density at radius 1 is 1.00 bits per heavy atom. The Morgan fingerprint density at radius 3 is 2.35 bits per heavy atom. The predicted octanol–water partition coefficient (Wildman–Crippen LogP) is 4.15.